The fourth-order valence-electron chi connectivity index (χ4n) is 4.28. The van der Waals surface area contributed by atoms with E-state index in [1.54, 1.807) is 0 Å². The highest BCUT2D eigenvalue weighted by molar-refractivity contribution is 5.81. The highest BCUT2D eigenvalue weighted by Gasteiger charge is 2.68. The molecule has 3 rings (SSSR count). The average molecular weight is 304 g/mol. The van der Waals surface area contributed by atoms with Gasteiger partial charge < -0.3 is 9.84 Å². The molecular weight excluding hydrogens is 276 g/mol. The molecule has 22 heavy (non-hydrogen) atoms. The Kier molecular flexibility index (Phi) is 4.67. The van der Waals surface area contributed by atoms with Crippen molar-refractivity contribution in [2.45, 2.75) is 52.1 Å². The van der Waals surface area contributed by atoms with E-state index >= 15 is 0 Å². The van der Waals surface area contributed by atoms with Crippen molar-refractivity contribution < 1.29 is 14.6 Å². The highest BCUT2D eigenvalue weighted by Crippen LogP contribution is 2.69. The molecule has 0 radical (unpaired) electrons. The van der Waals surface area contributed by atoms with Gasteiger partial charge in [0.1, 0.15) is 12.2 Å². The van der Waals surface area contributed by atoms with Gasteiger partial charge in [-0.2, -0.15) is 0 Å². The van der Waals surface area contributed by atoms with Gasteiger partial charge >= 0.3 is 5.97 Å². The Balaban J connectivity index is 0.000000299. The number of fused-ring (bicyclic) bond motifs is 2. The van der Waals surface area contributed by atoms with Crippen molar-refractivity contribution in [1.29, 1.82) is 0 Å². The number of carbonyl (C=O) groups is 1. The van der Waals surface area contributed by atoms with Gasteiger partial charge in [0, 0.05) is 11.5 Å². The van der Waals surface area contributed by atoms with Crippen LogP contribution in [-0.4, -0.2) is 23.3 Å². The van der Waals surface area contributed by atoms with E-state index in [-0.39, 0.29) is 17.4 Å². The van der Waals surface area contributed by atoms with Crippen LogP contribution < -0.4 is 0 Å². The minimum Gasteiger partial charge on any atom is -0.459 e. The standard InChI is InChI=1S/C14H22O3.C5H6/c1-5-11(15)17-9-14(16)8-10-6-7-13(14,4)12(10,2)3;1-2-4-5-3-1/h5,10,16H,1,6-9H2,2-4H3;1-4H,5H2/t10-,13-,14+;/m1./s1. The van der Waals surface area contributed by atoms with Crippen LogP contribution in [0.25, 0.3) is 0 Å². The fraction of sp³-hybridized carbons (Fsp3) is 0.632. The molecule has 0 aromatic heterocycles. The molecule has 3 nitrogen and oxygen atoms in total. The summed E-state index contributed by atoms with van der Waals surface area (Å²) < 4.78 is 5.08. The molecule has 122 valence electrons. The molecule has 3 heteroatoms. The number of allylic oxidation sites excluding steroid dienone is 4. The lowest BCUT2D eigenvalue weighted by Gasteiger charge is -2.44. The third-order valence-corrected chi connectivity index (χ3v) is 6.32. The summed E-state index contributed by atoms with van der Waals surface area (Å²) in [6.45, 7) is 10.0. The van der Waals surface area contributed by atoms with E-state index < -0.39 is 11.6 Å². The zero-order chi connectivity index (χ0) is 16.4. The van der Waals surface area contributed by atoms with Gasteiger partial charge in [-0.3, -0.25) is 0 Å². The largest absolute Gasteiger partial charge is 0.459 e. The third-order valence-electron chi connectivity index (χ3n) is 6.32. The second-order valence-corrected chi connectivity index (χ2v) is 7.43. The molecule has 0 aliphatic heterocycles. The minimum absolute atomic E-state index is 0.0916. The Hall–Kier alpha value is -1.35. The Bertz CT molecular complexity index is 493. The van der Waals surface area contributed by atoms with Crippen LogP contribution in [0.1, 0.15) is 46.5 Å². The van der Waals surface area contributed by atoms with Crippen LogP contribution in [0.3, 0.4) is 0 Å². The lowest BCUT2D eigenvalue weighted by Crippen LogP contribution is -2.50. The van der Waals surface area contributed by atoms with E-state index in [1.807, 2.05) is 0 Å². The molecule has 3 aliphatic carbocycles. The van der Waals surface area contributed by atoms with Gasteiger partial charge in [0.25, 0.3) is 0 Å². The van der Waals surface area contributed by atoms with E-state index in [1.165, 1.54) is 6.42 Å². The Morgan fingerprint density at radius 3 is 2.36 bits per heavy atom. The van der Waals surface area contributed by atoms with Crippen LogP contribution >= 0.6 is 0 Å². The first-order valence-electron chi connectivity index (χ1n) is 8.10. The van der Waals surface area contributed by atoms with E-state index in [0.29, 0.717) is 5.92 Å². The predicted molar refractivity (Wildman–Crippen MR) is 88.2 cm³/mol. The first-order chi connectivity index (χ1) is 10.3. The fourth-order valence-corrected chi connectivity index (χ4v) is 4.28. The Labute approximate surface area is 133 Å². The summed E-state index contributed by atoms with van der Waals surface area (Å²) in [5.41, 5.74) is -0.924. The third kappa shape index (κ3) is 2.67. The lowest BCUT2D eigenvalue weighted by atomic mass is 9.64. The Morgan fingerprint density at radius 2 is 2.00 bits per heavy atom. The van der Waals surface area contributed by atoms with Crippen molar-refractivity contribution in [2.24, 2.45) is 16.7 Å². The molecule has 0 heterocycles. The van der Waals surface area contributed by atoms with Gasteiger partial charge in [-0.15, -0.1) is 0 Å². The molecule has 0 unspecified atom stereocenters. The summed E-state index contributed by atoms with van der Waals surface area (Å²) in [6.07, 6.45) is 13.6. The molecule has 0 aromatic carbocycles. The molecule has 0 saturated heterocycles. The predicted octanol–water partition coefficient (Wildman–Crippen LogP) is 3.80. The second-order valence-electron chi connectivity index (χ2n) is 7.43. The number of esters is 1. The summed E-state index contributed by atoms with van der Waals surface area (Å²) in [4.78, 5) is 11.1. The zero-order valence-corrected chi connectivity index (χ0v) is 14.0. The number of aliphatic hydroxyl groups is 1. The first-order valence-corrected chi connectivity index (χ1v) is 8.10. The molecule has 1 N–H and O–H groups in total. The van der Waals surface area contributed by atoms with Gasteiger partial charge in [0.2, 0.25) is 0 Å². The molecule has 3 aliphatic rings. The summed E-state index contributed by atoms with van der Waals surface area (Å²) in [6, 6.07) is 0. The van der Waals surface area contributed by atoms with Gasteiger partial charge in [-0.25, -0.2) is 4.79 Å². The maximum Gasteiger partial charge on any atom is 0.330 e. The van der Waals surface area contributed by atoms with Gasteiger partial charge in [-0.05, 0) is 37.0 Å². The molecular formula is C19H28O3. The van der Waals surface area contributed by atoms with Gasteiger partial charge in [0.05, 0.1) is 0 Å². The van der Waals surface area contributed by atoms with Crippen LogP contribution in [0, 0.1) is 16.7 Å². The van der Waals surface area contributed by atoms with Crippen molar-refractivity contribution in [3.8, 4) is 0 Å². The maximum atomic E-state index is 11.1. The lowest BCUT2D eigenvalue weighted by molar-refractivity contribution is -0.160. The van der Waals surface area contributed by atoms with Crippen molar-refractivity contribution in [1.82, 2.24) is 0 Å². The van der Waals surface area contributed by atoms with Crippen LogP contribution in [0.15, 0.2) is 37.0 Å². The van der Waals surface area contributed by atoms with E-state index in [0.717, 1.165) is 25.3 Å². The summed E-state index contributed by atoms with van der Waals surface area (Å²) in [5, 5.41) is 10.8. The minimum atomic E-state index is -0.877. The van der Waals surface area contributed by atoms with Crippen LogP contribution in [0.2, 0.25) is 0 Å². The quantitative estimate of drug-likeness (QED) is 0.637. The number of carbonyl (C=O) groups excluding carboxylic acids is 1. The number of rotatable bonds is 3. The zero-order valence-electron chi connectivity index (χ0n) is 14.0. The smallest absolute Gasteiger partial charge is 0.330 e. The van der Waals surface area contributed by atoms with Crippen LogP contribution in [-0.2, 0) is 9.53 Å². The van der Waals surface area contributed by atoms with Crippen molar-refractivity contribution in [3.05, 3.63) is 37.0 Å². The molecule has 2 saturated carbocycles. The van der Waals surface area contributed by atoms with E-state index in [9.17, 15) is 9.90 Å². The van der Waals surface area contributed by atoms with Crippen molar-refractivity contribution in [2.75, 3.05) is 6.61 Å². The molecule has 2 bridgehead atoms. The summed E-state index contributed by atoms with van der Waals surface area (Å²) in [7, 11) is 0. The average Bonchev–Trinajstić information content (AvgIpc) is 3.15. The van der Waals surface area contributed by atoms with Gasteiger partial charge in [-0.1, -0.05) is 51.7 Å². The topological polar surface area (TPSA) is 46.5 Å². The summed E-state index contributed by atoms with van der Waals surface area (Å²) in [5.74, 6) is 0.0718. The maximum absolute atomic E-state index is 11.1. The molecule has 2 fully saturated rings. The molecule has 3 atom stereocenters. The molecule has 0 aromatic rings. The monoisotopic (exact) mass is 304 g/mol. The molecule has 0 amide bonds. The van der Waals surface area contributed by atoms with Crippen LogP contribution in [0.4, 0.5) is 0 Å². The first kappa shape index (κ1) is 17.0. The second kappa shape index (κ2) is 6.04. The van der Waals surface area contributed by atoms with Crippen molar-refractivity contribution >= 4 is 5.97 Å². The SMILES string of the molecule is C1=CCC=C1.C=CC(=O)OC[C@@]1(O)C[C@H]2CC[C@]1(C)C2(C)C. The molecule has 0 spiro atoms. The number of hydrogen-bond acceptors (Lipinski definition) is 3. The van der Waals surface area contributed by atoms with Crippen molar-refractivity contribution in [3.63, 3.8) is 0 Å². The number of ether oxygens (including phenoxy) is 1. The van der Waals surface area contributed by atoms with Gasteiger partial charge in [0.15, 0.2) is 0 Å². The Morgan fingerprint density at radius 1 is 1.36 bits per heavy atom. The number of hydrogen-bond donors (Lipinski definition) is 1. The summed E-state index contributed by atoms with van der Waals surface area (Å²) >= 11 is 0. The van der Waals surface area contributed by atoms with E-state index in [4.69, 9.17) is 4.74 Å². The highest BCUT2D eigenvalue weighted by atomic mass is 16.5. The van der Waals surface area contributed by atoms with E-state index in [2.05, 4.69) is 51.7 Å². The normalized spacial score (nSPS) is 36.8. The van der Waals surface area contributed by atoms with Crippen LogP contribution in [0.5, 0.6) is 0 Å².